The second-order valence-electron chi connectivity index (χ2n) is 8.93. The third-order valence-corrected chi connectivity index (χ3v) is 6.32. The number of fused-ring (bicyclic) bond motifs is 1. The number of alkyl halides is 3. The van der Waals surface area contributed by atoms with Gasteiger partial charge in [-0.1, -0.05) is 19.9 Å². The number of imide groups is 1. The third-order valence-electron chi connectivity index (χ3n) is 5.51. The van der Waals surface area contributed by atoms with Crippen LogP contribution in [0, 0.1) is 0 Å². The van der Waals surface area contributed by atoms with E-state index < -0.39 is 28.7 Å². The number of rotatable bonds is 4. The monoisotopic (exact) mass is 506 g/mol. The van der Waals surface area contributed by atoms with Crippen LogP contribution in [0.1, 0.15) is 35.3 Å². The van der Waals surface area contributed by atoms with Gasteiger partial charge in [-0.2, -0.15) is 0 Å². The Kier molecular flexibility index (Phi) is 6.08. The van der Waals surface area contributed by atoms with Crippen LogP contribution in [0.4, 0.5) is 18.0 Å². The number of halogens is 3. The van der Waals surface area contributed by atoms with Gasteiger partial charge in [0.2, 0.25) is 0 Å². The summed E-state index contributed by atoms with van der Waals surface area (Å²) < 4.78 is 49.9. The molecule has 0 aliphatic carbocycles. The van der Waals surface area contributed by atoms with E-state index in [1.807, 2.05) is 13.8 Å². The van der Waals surface area contributed by atoms with E-state index in [0.29, 0.717) is 28.6 Å². The summed E-state index contributed by atoms with van der Waals surface area (Å²) in [4.78, 5) is 37.7. The van der Waals surface area contributed by atoms with Crippen molar-refractivity contribution >= 4 is 34.9 Å². The van der Waals surface area contributed by atoms with Crippen LogP contribution < -0.4 is 14.8 Å². The summed E-state index contributed by atoms with van der Waals surface area (Å²) >= 11 is 0.689. The van der Waals surface area contributed by atoms with Crippen LogP contribution in [-0.4, -0.2) is 49.0 Å². The van der Waals surface area contributed by atoms with Crippen molar-refractivity contribution in [3.8, 4) is 22.6 Å². The highest BCUT2D eigenvalue weighted by atomic mass is 32.2. The molecular formula is C24H21F3N2O5S. The van der Waals surface area contributed by atoms with Gasteiger partial charge in [0, 0.05) is 41.8 Å². The Morgan fingerprint density at radius 1 is 1.17 bits per heavy atom. The first-order valence-electron chi connectivity index (χ1n) is 10.4. The number of nitrogens with one attached hydrogen (secondary N) is 1. The standard InChI is InChI=1S/C24H21F3N2O5S/c1-23(2)11-33-19-15(9-13(10-16(19)23)21(31)29(3)4)14-7-12(5-6-17(14)34-24(25,26)27)8-18-20(30)28-22(32)35-18/h5-10H,11H2,1-4H3,(H,28,30,32)/b18-8-. The first-order chi connectivity index (χ1) is 16.2. The average molecular weight is 507 g/mol. The van der Waals surface area contributed by atoms with Crippen molar-refractivity contribution in [3.63, 3.8) is 0 Å². The van der Waals surface area contributed by atoms with Crippen LogP contribution >= 0.6 is 11.8 Å². The zero-order chi connectivity index (χ0) is 25.7. The molecule has 0 atom stereocenters. The number of nitrogens with zero attached hydrogens (tertiary/aromatic N) is 1. The summed E-state index contributed by atoms with van der Waals surface area (Å²) in [7, 11) is 3.15. The van der Waals surface area contributed by atoms with E-state index in [1.165, 1.54) is 29.2 Å². The van der Waals surface area contributed by atoms with Gasteiger partial charge in [-0.05, 0) is 47.7 Å². The van der Waals surface area contributed by atoms with Crippen molar-refractivity contribution in [3.05, 3.63) is 51.9 Å². The summed E-state index contributed by atoms with van der Waals surface area (Å²) in [6.45, 7) is 4.09. The maximum Gasteiger partial charge on any atom is 0.573 e. The quantitative estimate of drug-likeness (QED) is 0.591. The molecule has 0 saturated carbocycles. The number of hydrogen-bond acceptors (Lipinski definition) is 6. The highest BCUT2D eigenvalue weighted by Crippen LogP contribution is 2.48. The third kappa shape index (κ3) is 5.00. The van der Waals surface area contributed by atoms with E-state index in [1.54, 1.807) is 20.2 Å². The van der Waals surface area contributed by atoms with Crippen molar-refractivity contribution < 1.29 is 37.0 Å². The smallest absolute Gasteiger partial charge is 0.492 e. The normalized spacial score (nSPS) is 17.7. The summed E-state index contributed by atoms with van der Waals surface area (Å²) in [6, 6.07) is 7.03. The maximum absolute atomic E-state index is 13.3. The predicted octanol–water partition coefficient (Wildman–Crippen LogP) is 4.95. The summed E-state index contributed by atoms with van der Waals surface area (Å²) in [5.74, 6) is -1.07. The average Bonchev–Trinajstić information content (AvgIpc) is 3.24. The zero-order valence-corrected chi connectivity index (χ0v) is 20.0. The first kappa shape index (κ1) is 24.6. The molecule has 1 saturated heterocycles. The Labute approximate surface area is 203 Å². The molecule has 7 nitrogen and oxygen atoms in total. The van der Waals surface area contributed by atoms with Gasteiger partial charge in [-0.25, -0.2) is 0 Å². The molecule has 4 rings (SSSR count). The second kappa shape index (κ2) is 8.63. The van der Waals surface area contributed by atoms with E-state index >= 15 is 0 Å². The lowest BCUT2D eigenvalue weighted by molar-refractivity contribution is -0.274. The first-order valence-corrected chi connectivity index (χ1v) is 11.2. The zero-order valence-electron chi connectivity index (χ0n) is 19.2. The van der Waals surface area contributed by atoms with Gasteiger partial charge in [0.15, 0.2) is 0 Å². The van der Waals surface area contributed by atoms with Gasteiger partial charge < -0.3 is 14.4 Å². The maximum atomic E-state index is 13.3. The fourth-order valence-corrected chi connectivity index (χ4v) is 4.52. The Morgan fingerprint density at radius 3 is 2.49 bits per heavy atom. The SMILES string of the molecule is CN(C)C(=O)c1cc(-c2cc(/C=C3\SC(=O)NC3=O)ccc2OC(F)(F)F)c2c(c1)C(C)(C)CO2. The van der Waals surface area contributed by atoms with Crippen molar-refractivity contribution in [2.45, 2.75) is 25.6 Å². The van der Waals surface area contributed by atoms with Crippen LogP contribution in [0.2, 0.25) is 0 Å². The van der Waals surface area contributed by atoms with Crippen molar-refractivity contribution in [2.24, 2.45) is 0 Å². The lowest BCUT2D eigenvalue weighted by atomic mass is 9.83. The number of carbonyl (C=O) groups excluding carboxylic acids is 3. The summed E-state index contributed by atoms with van der Waals surface area (Å²) in [6.07, 6.45) is -3.58. The van der Waals surface area contributed by atoms with Crippen LogP contribution in [0.3, 0.4) is 0 Å². The molecule has 0 unspecified atom stereocenters. The molecule has 0 bridgehead atoms. The minimum Gasteiger partial charge on any atom is -0.492 e. The molecule has 0 spiro atoms. The molecule has 0 radical (unpaired) electrons. The van der Waals surface area contributed by atoms with Crippen molar-refractivity contribution in [1.82, 2.24) is 10.2 Å². The Bertz CT molecular complexity index is 1280. The molecule has 11 heteroatoms. The number of amides is 3. The predicted molar refractivity (Wildman–Crippen MR) is 124 cm³/mol. The van der Waals surface area contributed by atoms with Gasteiger partial charge in [-0.15, -0.1) is 13.2 Å². The Hall–Kier alpha value is -3.47. The van der Waals surface area contributed by atoms with E-state index in [9.17, 15) is 27.6 Å². The second-order valence-corrected chi connectivity index (χ2v) is 9.94. The number of thioether (sulfide) groups is 1. The number of benzene rings is 2. The topological polar surface area (TPSA) is 84.9 Å². The molecule has 184 valence electrons. The molecule has 35 heavy (non-hydrogen) atoms. The number of carbonyl (C=O) groups is 3. The lowest BCUT2D eigenvalue weighted by Crippen LogP contribution is -2.23. The van der Waals surface area contributed by atoms with Gasteiger partial charge in [-0.3, -0.25) is 19.7 Å². The molecule has 3 amide bonds. The molecule has 2 heterocycles. The van der Waals surface area contributed by atoms with Crippen LogP contribution in [-0.2, 0) is 10.2 Å². The van der Waals surface area contributed by atoms with E-state index in [4.69, 9.17) is 4.74 Å². The molecule has 0 aromatic heterocycles. The highest BCUT2D eigenvalue weighted by Gasteiger charge is 2.37. The molecule has 1 N–H and O–H groups in total. The van der Waals surface area contributed by atoms with Crippen molar-refractivity contribution in [2.75, 3.05) is 20.7 Å². The number of ether oxygens (including phenoxy) is 2. The molecule has 2 aromatic carbocycles. The number of hydrogen-bond donors (Lipinski definition) is 1. The molecule has 2 aliphatic heterocycles. The van der Waals surface area contributed by atoms with Crippen LogP contribution in [0.15, 0.2) is 35.2 Å². The molecule has 1 fully saturated rings. The molecular weight excluding hydrogens is 485 g/mol. The van der Waals surface area contributed by atoms with Gasteiger partial charge in [0.05, 0.1) is 11.5 Å². The largest absolute Gasteiger partial charge is 0.573 e. The van der Waals surface area contributed by atoms with Gasteiger partial charge in [0.25, 0.3) is 17.1 Å². The van der Waals surface area contributed by atoms with Gasteiger partial charge in [0.1, 0.15) is 11.5 Å². The van der Waals surface area contributed by atoms with Crippen LogP contribution in [0.25, 0.3) is 17.2 Å². The minimum atomic E-state index is -4.97. The van der Waals surface area contributed by atoms with E-state index in [-0.39, 0.29) is 34.1 Å². The fraction of sp³-hybridized carbons (Fsp3) is 0.292. The van der Waals surface area contributed by atoms with Crippen LogP contribution in [0.5, 0.6) is 11.5 Å². The molecule has 2 aliphatic rings. The minimum absolute atomic E-state index is 0.0220. The van der Waals surface area contributed by atoms with E-state index in [2.05, 4.69) is 10.1 Å². The molecule has 2 aromatic rings. The summed E-state index contributed by atoms with van der Waals surface area (Å²) in [5.41, 5.74) is 1.10. The fourth-order valence-electron chi connectivity index (χ4n) is 3.83. The van der Waals surface area contributed by atoms with E-state index in [0.717, 1.165) is 6.07 Å². The lowest BCUT2D eigenvalue weighted by Gasteiger charge is -2.20. The Morgan fingerprint density at radius 2 is 1.89 bits per heavy atom. The van der Waals surface area contributed by atoms with Crippen molar-refractivity contribution in [1.29, 1.82) is 0 Å². The summed E-state index contributed by atoms with van der Waals surface area (Å²) in [5, 5.41) is 1.59. The highest BCUT2D eigenvalue weighted by molar-refractivity contribution is 8.18. The Balaban J connectivity index is 1.95. The van der Waals surface area contributed by atoms with Gasteiger partial charge >= 0.3 is 6.36 Å².